The summed E-state index contributed by atoms with van der Waals surface area (Å²) >= 11 is 0. The Kier molecular flexibility index (Phi) is 6.54. The van der Waals surface area contributed by atoms with Crippen molar-refractivity contribution in [3.63, 3.8) is 0 Å². The van der Waals surface area contributed by atoms with Crippen LogP contribution in [-0.4, -0.2) is 73.9 Å². The maximum absolute atomic E-state index is 13.4. The van der Waals surface area contributed by atoms with Crippen LogP contribution in [0.1, 0.15) is 18.5 Å². The van der Waals surface area contributed by atoms with Gasteiger partial charge in [-0.2, -0.15) is 13.2 Å². The Bertz CT molecular complexity index is 1180. The summed E-state index contributed by atoms with van der Waals surface area (Å²) in [6, 6.07) is 3.77. The molecule has 1 aromatic rings. The molecule has 1 unspecified atom stereocenters. The van der Waals surface area contributed by atoms with Crippen LogP contribution in [0.4, 0.5) is 24.7 Å². The molecule has 1 aliphatic carbocycles. The topological polar surface area (TPSA) is 85.2 Å². The molecule has 0 saturated heterocycles. The molecular formula is C24H28F3N7O. The molecular weight excluding hydrogens is 459 g/mol. The summed E-state index contributed by atoms with van der Waals surface area (Å²) in [6.07, 6.45) is -0.0432. The number of carbonyl (C=O) groups is 1. The molecule has 2 aliphatic heterocycles. The Labute approximate surface area is 202 Å². The number of pyridine rings is 1. The monoisotopic (exact) mass is 487 g/mol. The van der Waals surface area contributed by atoms with E-state index in [2.05, 4.69) is 35.4 Å². The number of likely N-dealkylation sites (N-methyl/N-ethyl adjacent to an activating group) is 2. The summed E-state index contributed by atoms with van der Waals surface area (Å²) < 4.78 is 40.3. The van der Waals surface area contributed by atoms with Gasteiger partial charge in [0.05, 0.1) is 17.0 Å². The van der Waals surface area contributed by atoms with E-state index in [9.17, 15) is 18.0 Å². The second-order valence-electron chi connectivity index (χ2n) is 9.08. The average molecular weight is 488 g/mol. The Morgan fingerprint density at radius 1 is 1.14 bits per heavy atom. The summed E-state index contributed by atoms with van der Waals surface area (Å²) in [7, 11) is 6.00. The quantitative estimate of drug-likeness (QED) is 0.664. The van der Waals surface area contributed by atoms with Gasteiger partial charge in [-0.1, -0.05) is 0 Å². The van der Waals surface area contributed by atoms with E-state index < -0.39 is 17.4 Å². The van der Waals surface area contributed by atoms with Crippen LogP contribution in [-0.2, 0) is 4.79 Å². The van der Waals surface area contributed by atoms with Gasteiger partial charge in [-0.15, -0.1) is 0 Å². The molecule has 0 radical (unpaired) electrons. The van der Waals surface area contributed by atoms with E-state index in [-0.39, 0.29) is 24.2 Å². The fourth-order valence-corrected chi connectivity index (χ4v) is 4.14. The van der Waals surface area contributed by atoms with Crippen LogP contribution in [0, 0.1) is 6.92 Å². The molecule has 0 bridgehead atoms. The Morgan fingerprint density at radius 3 is 2.57 bits per heavy atom. The lowest BCUT2D eigenvalue weighted by Gasteiger charge is -2.41. The summed E-state index contributed by atoms with van der Waals surface area (Å²) in [5.41, 5.74) is 0.0183. The maximum atomic E-state index is 13.4. The molecule has 1 saturated carbocycles. The summed E-state index contributed by atoms with van der Waals surface area (Å²) in [5, 5.41) is 6.34. The molecule has 2 N–H and O–H groups in total. The number of nitrogens with one attached hydrogen (secondary N) is 2. The Hall–Kier alpha value is -3.47. The first-order valence-corrected chi connectivity index (χ1v) is 11.2. The van der Waals surface area contributed by atoms with E-state index in [1.807, 2.05) is 40.2 Å². The number of aryl methyl sites for hydroxylation is 1. The largest absolute Gasteiger partial charge is 0.416 e. The summed E-state index contributed by atoms with van der Waals surface area (Å²) in [5.74, 6) is 0.948. The number of rotatable bonds is 5. The van der Waals surface area contributed by atoms with Crippen molar-refractivity contribution in [1.82, 2.24) is 15.2 Å². The van der Waals surface area contributed by atoms with E-state index in [1.54, 1.807) is 0 Å². The number of nitrogens with zero attached hydrogens (tertiary/aromatic N) is 5. The normalized spacial score (nSPS) is 21.7. The van der Waals surface area contributed by atoms with Crippen molar-refractivity contribution in [3.8, 4) is 0 Å². The van der Waals surface area contributed by atoms with Crippen LogP contribution in [0.15, 0.2) is 57.2 Å². The Morgan fingerprint density at radius 2 is 1.89 bits per heavy atom. The number of alkyl halides is 3. The molecule has 8 nitrogen and oxygen atoms in total. The molecule has 11 heteroatoms. The van der Waals surface area contributed by atoms with Gasteiger partial charge in [-0.25, -0.2) is 9.98 Å². The summed E-state index contributed by atoms with van der Waals surface area (Å²) in [6.45, 7) is 3.57. The smallest absolute Gasteiger partial charge is 0.358 e. The fourth-order valence-electron chi connectivity index (χ4n) is 4.14. The van der Waals surface area contributed by atoms with Gasteiger partial charge in [-0.3, -0.25) is 9.79 Å². The molecule has 0 aromatic carbocycles. The first-order chi connectivity index (χ1) is 16.5. The number of aliphatic imine (C=N–C) groups is 2. The van der Waals surface area contributed by atoms with Gasteiger partial charge >= 0.3 is 6.18 Å². The van der Waals surface area contributed by atoms with Gasteiger partial charge in [0, 0.05) is 51.0 Å². The van der Waals surface area contributed by atoms with E-state index in [1.165, 1.54) is 6.20 Å². The molecule has 1 fully saturated rings. The van der Waals surface area contributed by atoms with Crippen LogP contribution in [0.3, 0.4) is 0 Å². The zero-order chi connectivity index (χ0) is 25.4. The number of hydrogen-bond acceptors (Lipinski definition) is 8. The third-order valence-corrected chi connectivity index (χ3v) is 6.13. The van der Waals surface area contributed by atoms with Gasteiger partial charge in [0.25, 0.3) is 0 Å². The van der Waals surface area contributed by atoms with Crippen LogP contribution in [0.25, 0.3) is 0 Å². The second kappa shape index (κ2) is 9.29. The highest BCUT2D eigenvalue weighted by atomic mass is 19.4. The second-order valence-corrected chi connectivity index (χ2v) is 9.08. The molecule has 1 atom stereocenters. The minimum absolute atomic E-state index is 0.0639. The third kappa shape index (κ3) is 5.14. The molecule has 0 amide bonds. The number of Topliss-reactive ketones (excluding diaryl/α,β-unsaturated/α-hetero) is 1. The van der Waals surface area contributed by atoms with E-state index in [4.69, 9.17) is 0 Å². The predicted molar refractivity (Wildman–Crippen MR) is 131 cm³/mol. The summed E-state index contributed by atoms with van der Waals surface area (Å²) in [4.78, 5) is 29.9. The van der Waals surface area contributed by atoms with E-state index in [0.29, 0.717) is 17.2 Å². The molecule has 186 valence electrons. The van der Waals surface area contributed by atoms with Crippen LogP contribution >= 0.6 is 0 Å². The number of allylic oxidation sites excluding steroid dienone is 3. The average Bonchev–Trinajstić information content (AvgIpc) is 2.96. The highest BCUT2D eigenvalue weighted by Gasteiger charge is 2.47. The highest BCUT2D eigenvalue weighted by Crippen LogP contribution is 2.42. The molecule has 3 aliphatic rings. The van der Waals surface area contributed by atoms with Crippen LogP contribution in [0.2, 0.25) is 0 Å². The highest BCUT2D eigenvalue weighted by molar-refractivity contribution is 5.99. The van der Waals surface area contributed by atoms with E-state index in [0.717, 1.165) is 43.0 Å². The van der Waals surface area contributed by atoms with Gasteiger partial charge in [-0.05, 0) is 50.9 Å². The first kappa shape index (κ1) is 24.6. The van der Waals surface area contributed by atoms with E-state index >= 15 is 0 Å². The minimum Gasteiger partial charge on any atom is -0.358 e. The van der Waals surface area contributed by atoms with Gasteiger partial charge in [0.15, 0.2) is 5.66 Å². The molecule has 3 heterocycles. The van der Waals surface area contributed by atoms with Crippen molar-refractivity contribution < 1.29 is 18.0 Å². The van der Waals surface area contributed by atoms with Gasteiger partial charge < -0.3 is 20.4 Å². The van der Waals surface area contributed by atoms with Gasteiger partial charge in [0.1, 0.15) is 11.6 Å². The number of ketones is 1. The number of hydrogen-bond donors (Lipinski definition) is 2. The van der Waals surface area contributed by atoms with Crippen molar-refractivity contribution in [3.05, 3.63) is 52.9 Å². The molecule has 1 aromatic heterocycles. The van der Waals surface area contributed by atoms with Crippen LogP contribution in [0.5, 0.6) is 0 Å². The molecule has 1 spiro atoms. The maximum Gasteiger partial charge on any atom is 0.416 e. The molecule has 35 heavy (non-hydrogen) atoms. The standard InChI is InChI=1S/C24H28F3N7O/c1-15-20(5-6-21(30-15)34(4)10-9-33(2)3)31-22-28-14-18-13-19(35)12-17-11-16(24(25,26)27)7-8-29-23(17,18)32-22/h5-8,11,14H,9-10,12-13H2,1-4H3,(H2,28,31,32). The van der Waals surface area contributed by atoms with Crippen molar-refractivity contribution in [2.24, 2.45) is 9.98 Å². The van der Waals surface area contributed by atoms with Crippen LogP contribution < -0.4 is 15.5 Å². The fraction of sp³-hybridized carbons (Fsp3) is 0.417. The Balaban J connectivity index is 1.59. The number of carbonyl (C=O) groups excluding carboxylic acids is 1. The number of halogens is 3. The molecule has 4 rings (SSSR count). The number of guanidine groups is 1. The van der Waals surface area contributed by atoms with Crippen molar-refractivity contribution in [2.75, 3.05) is 44.4 Å². The zero-order valence-corrected chi connectivity index (χ0v) is 20.1. The lowest BCUT2D eigenvalue weighted by Crippen LogP contribution is -2.56. The number of anilines is 2. The third-order valence-electron chi connectivity index (χ3n) is 6.13. The number of aromatic nitrogens is 1. The lowest BCUT2D eigenvalue weighted by molar-refractivity contribution is -0.118. The minimum atomic E-state index is -4.55. The zero-order valence-electron chi connectivity index (χ0n) is 20.1. The first-order valence-electron chi connectivity index (χ1n) is 11.2. The lowest BCUT2D eigenvalue weighted by atomic mass is 9.78. The van der Waals surface area contributed by atoms with Crippen molar-refractivity contribution >= 4 is 29.5 Å². The van der Waals surface area contributed by atoms with Gasteiger partial charge in [0.2, 0.25) is 5.96 Å². The predicted octanol–water partition coefficient (Wildman–Crippen LogP) is 3.20. The van der Waals surface area contributed by atoms with Crippen molar-refractivity contribution in [1.29, 1.82) is 0 Å². The SMILES string of the molecule is Cc1nc(N(C)CCN(C)C)ccc1NC1=NC=C2CC(=O)CC3=CC(C(F)(F)F)=CC=NC23N1. The van der Waals surface area contributed by atoms with Crippen molar-refractivity contribution in [2.45, 2.75) is 31.6 Å².